The van der Waals surface area contributed by atoms with Gasteiger partial charge in [-0.05, 0) is 39.2 Å². The zero-order chi connectivity index (χ0) is 11.8. The standard InChI is InChI=1S/C11H16N4O/c1-7-6-8(2)14-10(13-7)15-9(16)11(12)4-3-5-11/h6H,3-5,12H2,1-2H3,(H,13,14,15,16). The lowest BCUT2D eigenvalue weighted by Crippen LogP contribution is -2.56. The van der Waals surface area contributed by atoms with Crippen molar-refractivity contribution in [2.45, 2.75) is 38.6 Å². The predicted molar refractivity (Wildman–Crippen MR) is 60.9 cm³/mol. The van der Waals surface area contributed by atoms with Crippen LogP contribution in [0.25, 0.3) is 0 Å². The molecule has 0 spiro atoms. The number of amides is 1. The molecule has 1 heterocycles. The van der Waals surface area contributed by atoms with Gasteiger partial charge in [0.25, 0.3) is 0 Å². The maximum absolute atomic E-state index is 11.8. The van der Waals surface area contributed by atoms with E-state index in [4.69, 9.17) is 5.73 Å². The second-order valence-electron chi connectivity index (χ2n) is 4.44. The van der Waals surface area contributed by atoms with E-state index in [1.165, 1.54) is 0 Å². The zero-order valence-electron chi connectivity index (χ0n) is 9.58. The molecule has 86 valence electrons. The van der Waals surface area contributed by atoms with Crippen LogP contribution in [-0.4, -0.2) is 21.4 Å². The van der Waals surface area contributed by atoms with Crippen LogP contribution >= 0.6 is 0 Å². The summed E-state index contributed by atoms with van der Waals surface area (Å²) in [5, 5.41) is 2.68. The van der Waals surface area contributed by atoms with Crippen molar-refractivity contribution in [3.8, 4) is 0 Å². The average Bonchev–Trinajstić information content (AvgIpc) is 2.12. The number of nitrogens with zero attached hydrogens (tertiary/aromatic N) is 2. The molecular weight excluding hydrogens is 204 g/mol. The molecule has 0 saturated heterocycles. The van der Waals surface area contributed by atoms with E-state index in [1.54, 1.807) is 0 Å². The Morgan fingerprint density at radius 1 is 1.38 bits per heavy atom. The third-order valence-electron chi connectivity index (χ3n) is 2.91. The quantitative estimate of drug-likeness (QED) is 0.776. The third kappa shape index (κ3) is 2.04. The predicted octanol–water partition coefficient (Wildman–Crippen LogP) is 0.913. The molecule has 1 fully saturated rings. The molecule has 1 aliphatic rings. The Bertz CT molecular complexity index is 406. The van der Waals surface area contributed by atoms with Crippen molar-refractivity contribution in [3.63, 3.8) is 0 Å². The highest BCUT2D eigenvalue weighted by Crippen LogP contribution is 2.29. The van der Waals surface area contributed by atoms with Crippen LogP contribution < -0.4 is 11.1 Å². The molecule has 0 radical (unpaired) electrons. The Morgan fingerprint density at radius 3 is 2.38 bits per heavy atom. The molecule has 16 heavy (non-hydrogen) atoms. The molecule has 1 aromatic heterocycles. The van der Waals surface area contributed by atoms with Gasteiger partial charge in [-0.1, -0.05) is 0 Å². The van der Waals surface area contributed by atoms with Gasteiger partial charge < -0.3 is 5.73 Å². The lowest BCUT2D eigenvalue weighted by Gasteiger charge is -2.35. The van der Waals surface area contributed by atoms with Crippen LogP contribution in [-0.2, 0) is 4.79 Å². The maximum atomic E-state index is 11.8. The van der Waals surface area contributed by atoms with Crippen molar-refractivity contribution in [2.24, 2.45) is 5.73 Å². The molecule has 5 nitrogen and oxygen atoms in total. The number of rotatable bonds is 2. The van der Waals surface area contributed by atoms with E-state index >= 15 is 0 Å². The third-order valence-corrected chi connectivity index (χ3v) is 2.91. The van der Waals surface area contributed by atoms with E-state index in [2.05, 4.69) is 15.3 Å². The number of aromatic nitrogens is 2. The first-order valence-electron chi connectivity index (χ1n) is 5.42. The minimum absolute atomic E-state index is 0.177. The number of carbonyl (C=O) groups excluding carboxylic acids is 1. The van der Waals surface area contributed by atoms with Crippen LogP contribution in [0, 0.1) is 13.8 Å². The maximum Gasteiger partial charge on any atom is 0.246 e. The number of hydrogen-bond acceptors (Lipinski definition) is 4. The number of carbonyl (C=O) groups is 1. The number of hydrogen-bond donors (Lipinski definition) is 2. The molecule has 0 bridgehead atoms. The zero-order valence-corrected chi connectivity index (χ0v) is 9.58. The Morgan fingerprint density at radius 2 is 1.94 bits per heavy atom. The summed E-state index contributed by atoms with van der Waals surface area (Å²) < 4.78 is 0. The van der Waals surface area contributed by atoms with E-state index in [0.29, 0.717) is 5.95 Å². The van der Waals surface area contributed by atoms with Crippen molar-refractivity contribution in [1.82, 2.24) is 9.97 Å². The molecule has 1 amide bonds. The molecule has 1 aliphatic carbocycles. The molecule has 0 unspecified atom stereocenters. The lowest BCUT2D eigenvalue weighted by atomic mass is 9.77. The smallest absolute Gasteiger partial charge is 0.246 e. The van der Waals surface area contributed by atoms with Gasteiger partial charge in [-0.15, -0.1) is 0 Å². The normalized spacial score (nSPS) is 17.7. The summed E-state index contributed by atoms with van der Waals surface area (Å²) in [6.07, 6.45) is 2.49. The molecule has 5 heteroatoms. The fraction of sp³-hybridized carbons (Fsp3) is 0.545. The van der Waals surface area contributed by atoms with Gasteiger partial charge in [0.2, 0.25) is 11.9 Å². The van der Waals surface area contributed by atoms with E-state index in [1.807, 2.05) is 19.9 Å². The number of anilines is 1. The summed E-state index contributed by atoms with van der Waals surface area (Å²) in [6.45, 7) is 3.73. The van der Waals surface area contributed by atoms with Crippen LogP contribution in [0.2, 0.25) is 0 Å². The fourth-order valence-corrected chi connectivity index (χ4v) is 1.79. The minimum atomic E-state index is -0.707. The number of nitrogens with one attached hydrogen (secondary N) is 1. The fourth-order valence-electron chi connectivity index (χ4n) is 1.79. The second kappa shape index (κ2) is 3.83. The van der Waals surface area contributed by atoms with Gasteiger partial charge in [0.05, 0.1) is 5.54 Å². The highest BCUT2D eigenvalue weighted by atomic mass is 16.2. The lowest BCUT2D eigenvalue weighted by molar-refractivity contribution is -0.123. The van der Waals surface area contributed by atoms with Crippen LogP contribution in [0.3, 0.4) is 0 Å². The minimum Gasteiger partial charge on any atom is -0.317 e. The molecule has 1 aromatic rings. The largest absolute Gasteiger partial charge is 0.317 e. The summed E-state index contributed by atoms with van der Waals surface area (Å²) in [4.78, 5) is 20.1. The van der Waals surface area contributed by atoms with Gasteiger partial charge in [0.15, 0.2) is 0 Å². The van der Waals surface area contributed by atoms with Gasteiger partial charge in [-0.2, -0.15) is 0 Å². The molecule has 2 rings (SSSR count). The average molecular weight is 220 g/mol. The first-order chi connectivity index (χ1) is 7.49. The molecule has 0 atom stereocenters. The van der Waals surface area contributed by atoms with Crippen LogP contribution in [0.15, 0.2) is 6.07 Å². The SMILES string of the molecule is Cc1cc(C)nc(NC(=O)C2(N)CCC2)n1. The van der Waals surface area contributed by atoms with Crippen molar-refractivity contribution in [2.75, 3.05) is 5.32 Å². The van der Waals surface area contributed by atoms with Crippen LogP contribution in [0.4, 0.5) is 5.95 Å². The van der Waals surface area contributed by atoms with Gasteiger partial charge in [0, 0.05) is 11.4 Å². The molecule has 3 N–H and O–H groups in total. The Labute approximate surface area is 94.5 Å². The second-order valence-corrected chi connectivity index (χ2v) is 4.44. The Hall–Kier alpha value is -1.49. The summed E-state index contributed by atoms with van der Waals surface area (Å²) in [5.41, 5.74) is 6.87. The molecule has 1 saturated carbocycles. The first-order valence-corrected chi connectivity index (χ1v) is 5.42. The van der Waals surface area contributed by atoms with Crippen molar-refractivity contribution >= 4 is 11.9 Å². The highest BCUT2D eigenvalue weighted by molar-refractivity contribution is 5.97. The Balaban J connectivity index is 2.11. The van der Waals surface area contributed by atoms with E-state index in [-0.39, 0.29) is 5.91 Å². The summed E-state index contributed by atoms with van der Waals surface area (Å²) in [6, 6.07) is 1.86. The summed E-state index contributed by atoms with van der Waals surface area (Å²) >= 11 is 0. The highest BCUT2D eigenvalue weighted by Gasteiger charge is 2.40. The summed E-state index contributed by atoms with van der Waals surface area (Å²) in [5.74, 6) is 0.169. The summed E-state index contributed by atoms with van der Waals surface area (Å²) in [7, 11) is 0. The molecule has 0 aromatic carbocycles. The van der Waals surface area contributed by atoms with Crippen LogP contribution in [0.5, 0.6) is 0 Å². The topological polar surface area (TPSA) is 80.9 Å². The van der Waals surface area contributed by atoms with E-state index in [9.17, 15) is 4.79 Å². The van der Waals surface area contributed by atoms with Gasteiger partial charge in [-0.25, -0.2) is 9.97 Å². The van der Waals surface area contributed by atoms with Gasteiger partial charge in [-0.3, -0.25) is 10.1 Å². The number of nitrogens with two attached hydrogens (primary N) is 1. The van der Waals surface area contributed by atoms with Gasteiger partial charge in [0.1, 0.15) is 0 Å². The first kappa shape index (κ1) is 11.0. The number of aryl methyl sites for hydroxylation is 2. The van der Waals surface area contributed by atoms with Crippen molar-refractivity contribution < 1.29 is 4.79 Å². The Kier molecular flexibility index (Phi) is 2.63. The van der Waals surface area contributed by atoms with Crippen molar-refractivity contribution in [3.05, 3.63) is 17.5 Å². The van der Waals surface area contributed by atoms with E-state index < -0.39 is 5.54 Å². The molecule has 0 aliphatic heterocycles. The monoisotopic (exact) mass is 220 g/mol. The molecular formula is C11H16N4O. The van der Waals surface area contributed by atoms with Crippen LogP contribution in [0.1, 0.15) is 30.7 Å². The van der Waals surface area contributed by atoms with Gasteiger partial charge >= 0.3 is 0 Å². The van der Waals surface area contributed by atoms with Crippen molar-refractivity contribution in [1.29, 1.82) is 0 Å². The van der Waals surface area contributed by atoms with E-state index in [0.717, 1.165) is 30.7 Å².